The number of aliphatic hydroxyl groups is 2. The number of esters is 1. The highest BCUT2D eigenvalue weighted by atomic mass is 32.1. The maximum atomic E-state index is 14.2. The number of thiazole rings is 1. The Hall–Kier alpha value is -4.50. The van der Waals surface area contributed by atoms with E-state index in [2.05, 4.69) is 10.3 Å². The molecule has 0 radical (unpaired) electrons. The highest BCUT2D eigenvalue weighted by molar-refractivity contribution is 7.17. The Morgan fingerprint density at radius 1 is 1.00 bits per heavy atom. The van der Waals surface area contributed by atoms with E-state index in [1.165, 1.54) is 45.7 Å². The molecule has 1 amide bonds. The number of phenols is 2. The summed E-state index contributed by atoms with van der Waals surface area (Å²) in [5.74, 6) is -6.74. The van der Waals surface area contributed by atoms with E-state index in [1.54, 1.807) is 52.8 Å². The number of allylic oxidation sites excluding steroid dienone is 2. The van der Waals surface area contributed by atoms with Crippen LogP contribution in [0.15, 0.2) is 41.6 Å². The van der Waals surface area contributed by atoms with Crippen LogP contribution < -0.4 is 10.1 Å². The zero-order chi connectivity index (χ0) is 38.4. The fourth-order valence-corrected chi connectivity index (χ4v) is 7.86. The largest absolute Gasteiger partial charge is 0.507 e. The first-order valence-electron chi connectivity index (χ1n) is 17.0. The number of methoxy groups -OCH3 is 1. The molecular weight excluding hydrogens is 692 g/mol. The van der Waals surface area contributed by atoms with Gasteiger partial charge in [-0.1, -0.05) is 45.9 Å². The second-order valence-electron chi connectivity index (χ2n) is 13.9. The van der Waals surface area contributed by atoms with Crippen LogP contribution in [0.4, 0.5) is 5.69 Å². The number of aromatic nitrogens is 1. The number of phenolic OH excluding ortho intramolecular Hbond substituents is 2. The topological polar surface area (TPSA) is 194 Å². The molecule has 5 rings (SSSR count). The van der Waals surface area contributed by atoms with Crippen molar-refractivity contribution >= 4 is 55.7 Å². The summed E-state index contributed by atoms with van der Waals surface area (Å²) in [4.78, 5) is 44.4. The van der Waals surface area contributed by atoms with Gasteiger partial charge in [-0.15, -0.1) is 11.3 Å². The number of carbonyl (C=O) groups is 3. The van der Waals surface area contributed by atoms with Gasteiger partial charge in [0.2, 0.25) is 0 Å². The van der Waals surface area contributed by atoms with Gasteiger partial charge in [0.25, 0.3) is 11.7 Å². The van der Waals surface area contributed by atoms with Crippen LogP contribution in [0, 0.1) is 30.6 Å². The number of amides is 1. The standard InChI is InChI=1S/C38H46N2O11S/c1-16-11-10-12-17(2)37(47)40-28-32(45)25-24(27-35(28)52-15-39-27)26-34(21(6)31(25)44)51-38(8,36(26)46)49-14-13-23(48-9)18(3)33(50-22(7)41)20(5)30(43)19(4)29(16)42/h10-16,18-20,23,29-30,33,42-45H,1-9H3,(H,40,47)/b11-10+,14-13-,17-12+. The SMILES string of the molecule is COC1/C=C\OC2(C)Oc3c(C)c(O)c4c(O)c(c5scnc5c4c3C2=O)NC(=O)/C(C)=C/C=C/C(C)C(O)C(C)C(O)C(C)C(OC(C)=O)C1C. The van der Waals surface area contributed by atoms with Crippen LogP contribution in [0.5, 0.6) is 17.2 Å². The van der Waals surface area contributed by atoms with Crippen LogP contribution in [0.3, 0.4) is 0 Å². The molecule has 14 heteroatoms. The van der Waals surface area contributed by atoms with E-state index in [9.17, 15) is 34.8 Å². The van der Waals surface area contributed by atoms with Crippen molar-refractivity contribution in [1.82, 2.24) is 4.98 Å². The Labute approximate surface area is 305 Å². The monoisotopic (exact) mass is 738 g/mol. The summed E-state index contributed by atoms with van der Waals surface area (Å²) in [6, 6.07) is 0. The van der Waals surface area contributed by atoms with Gasteiger partial charge >= 0.3 is 11.8 Å². The van der Waals surface area contributed by atoms with Gasteiger partial charge in [-0.2, -0.15) is 0 Å². The molecule has 3 aromatic rings. The molecule has 3 heterocycles. The Kier molecular flexibility index (Phi) is 11.1. The van der Waals surface area contributed by atoms with Crippen molar-refractivity contribution in [3.05, 3.63) is 52.8 Å². The molecule has 0 saturated heterocycles. The highest BCUT2D eigenvalue weighted by Gasteiger charge is 2.49. The quantitative estimate of drug-likeness (QED) is 0.160. The second kappa shape index (κ2) is 14.9. The number of hydrogen-bond donors (Lipinski definition) is 5. The van der Waals surface area contributed by atoms with Gasteiger partial charge in [0.05, 0.1) is 51.3 Å². The fourth-order valence-electron chi connectivity index (χ4n) is 7.06. The maximum Gasteiger partial charge on any atom is 0.312 e. The molecule has 0 fully saturated rings. The van der Waals surface area contributed by atoms with E-state index in [1.807, 2.05) is 0 Å². The van der Waals surface area contributed by atoms with Crippen molar-refractivity contribution in [2.24, 2.45) is 23.7 Å². The van der Waals surface area contributed by atoms with E-state index in [-0.39, 0.29) is 50.2 Å². The number of benzene rings is 2. The first kappa shape index (κ1) is 38.7. The molecule has 5 N–H and O–H groups in total. The number of anilines is 1. The third kappa shape index (κ3) is 6.75. The number of nitrogens with one attached hydrogen (secondary N) is 1. The first-order chi connectivity index (χ1) is 24.4. The van der Waals surface area contributed by atoms with Crippen LogP contribution >= 0.6 is 11.3 Å². The summed E-state index contributed by atoms with van der Waals surface area (Å²) in [7, 11) is 1.46. The van der Waals surface area contributed by atoms with Gasteiger partial charge in [-0.3, -0.25) is 14.4 Å². The number of ether oxygens (including phenoxy) is 4. The maximum absolute atomic E-state index is 14.2. The second-order valence-corrected chi connectivity index (χ2v) is 14.7. The molecule has 2 aromatic carbocycles. The Morgan fingerprint density at radius 3 is 2.35 bits per heavy atom. The summed E-state index contributed by atoms with van der Waals surface area (Å²) in [6.45, 7) is 12.8. The third-order valence-electron chi connectivity index (χ3n) is 10.3. The van der Waals surface area contributed by atoms with Crippen LogP contribution in [0.25, 0.3) is 21.0 Å². The van der Waals surface area contributed by atoms with E-state index in [0.717, 1.165) is 11.3 Å². The number of hydrogen-bond acceptors (Lipinski definition) is 13. The van der Waals surface area contributed by atoms with Crippen LogP contribution in [-0.2, 0) is 23.8 Å². The van der Waals surface area contributed by atoms with Crippen molar-refractivity contribution in [3.63, 3.8) is 0 Å². The number of rotatable bonds is 2. The average molecular weight is 739 g/mol. The Morgan fingerprint density at radius 2 is 1.69 bits per heavy atom. The summed E-state index contributed by atoms with van der Waals surface area (Å²) in [5, 5.41) is 48.5. The summed E-state index contributed by atoms with van der Waals surface area (Å²) in [5.41, 5.74) is 2.23. The van der Waals surface area contributed by atoms with Crippen molar-refractivity contribution < 1.29 is 53.8 Å². The van der Waals surface area contributed by atoms with Crippen molar-refractivity contribution in [1.29, 1.82) is 0 Å². The summed E-state index contributed by atoms with van der Waals surface area (Å²) in [6.07, 6.45) is 3.93. The lowest BCUT2D eigenvalue weighted by molar-refractivity contribution is -0.160. The van der Waals surface area contributed by atoms with Gasteiger partial charge in [-0.05, 0) is 19.9 Å². The lowest BCUT2D eigenvalue weighted by Crippen LogP contribution is -2.46. The van der Waals surface area contributed by atoms with Crippen LogP contribution in [0.1, 0.15) is 64.4 Å². The molecule has 0 aliphatic carbocycles. The minimum absolute atomic E-state index is 0.0108. The summed E-state index contributed by atoms with van der Waals surface area (Å²) >= 11 is 1.13. The van der Waals surface area contributed by atoms with Gasteiger partial charge in [0.15, 0.2) is 5.75 Å². The minimum atomic E-state index is -1.92. The molecule has 2 aliphatic rings. The van der Waals surface area contributed by atoms with Crippen molar-refractivity contribution in [2.75, 3.05) is 12.4 Å². The average Bonchev–Trinajstić information content (AvgIpc) is 3.69. The normalized spacial score (nSPS) is 32.6. The smallest absolute Gasteiger partial charge is 0.312 e. The van der Waals surface area contributed by atoms with E-state index in [4.69, 9.17) is 18.9 Å². The molecule has 9 atom stereocenters. The zero-order valence-electron chi connectivity index (χ0n) is 30.6. The fraction of sp³-hybridized carbons (Fsp3) is 0.474. The number of ketones is 1. The first-order valence-corrected chi connectivity index (χ1v) is 17.9. The molecule has 280 valence electrons. The zero-order valence-corrected chi connectivity index (χ0v) is 31.4. The number of aliphatic hydroxyl groups excluding tert-OH is 2. The molecule has 1 aromatic heterocycles. The summed E-state index contributed by atoms with van der Waals surface area (Å²) < 4.78 is 23.9. The third-order valence-corrected chi connectivity index (χ3v) is 11.1. The van der Waals surface area contributed by atoms with Crippen LogP contribution in [-0.4, -0.2) is 80.4 Å². The predicted octanol–water partition coefficient (Wildman–Crippen LogP) is 5.66. The molecule has 4 bridgehead atoms. The Bertz CT molecular complexity index is 2000. The molecular formula is C38H46N2O11S. The number of carbonyl (C=O) groups excluding carboxylic acids is 3. The number of Topliss-reactive ketones (excluding diaryl/α,β-unsaturated/α-hetero) is 1. The van der Waals surface area contributed by atoms with Crippen molar-refractivity contribution in [2.45, 2.75) is 85.6 Å². The molecule has 0 saturated carbocycles. The van der Waals surface area contributed by atoms with Gasteiger partial charge in [0, 0.05) is 61.2 Å². The van der Waals surface area contributed by atoms with Gasteiger partial charge in [-0.25, -0.2) is 4.98 Å². The molecule has 13 nitrogen and oxygen atoms in total. The molecule has 52 heavy (non-hydrogen) atoms. The van der Waals surface area contributed by atoms with E-state index in [0.29, 0.717) is 4.70 Å². The van der Waals surface area contributed by atoms with Crippen LogP contribution in [0.2, 0.25) is 0 Å². The van der Waals surface area contributed by atoms with E-state index < -0.39 is 77.3 Å². The Balaban J connectivity index is 1.68. The highest BCUT2D eigenvalue weighted by Crippen LogP contribution is 2.54. The molecule has 2 aliphatic heterocycles. The minimum Gasteiger partial charge on any atom is -0.507 e. The van der Waals surface area contributed by atoms with Crippen molar-refractivity contribution in [3.8, 4) is 17.2 Å². The van der Waals surface area contributed by atoms with E-state index >= 15 is 0 Å². The lowest BCUT2D eigenvalue weighted by Gasteiger charge is -2.38. The van der Waals surface area contributed by atoms with Gasteiger partial charge in [0.1, 0.15) is 23.3 Å². The number of fused-ring (bicyclic) bond motifs is 1. The molecule has 9 unspecified atom stereocenters. The predicted molar refractivity (Wildman–Crippen MR) is 195 cm³/mol. The lowest BCUT2D eigenvalue weighted by atomic mass is 9.78. The number of aromatic hydroxyl groups is 2. The van der Waals surface area contributed by atoms with Gasteiger partial charge < -0.3 is 44.7 Å². The number of nitrogens with zero attached hydrogens (tertiary/aromatic N) is 1. The molecule has 0 spiro atoms.